The Morgan fingerprint density at radius 1 is 1.47 bits per heavy atom. The van der Waals surface area contributed by atoms with Crippen molar-refractivity contribution in [2.75, 3.05) is 27.7 Å². The summed E-state index contributed by atoms with van der Waals surface area (Å²) in [5.41, 5.74) is 7.81. The van der Waals surface area contributed by atoms with E-state index < -0.39 is 12.0 Å². The molecule has 1 rings (SSSR count). The quantitative estimate of drug-likeness (QED) is 0.777. The normalized spacial score (nSPS) is 12.5. The summed E-state index contributed by atoms with van der Waals surface area (Å²) in [4.78, 5) is 12.9. The summed E-state index contributed by atoms with van der Waals surface area (Å²) >= 11 is 0. The molecule has 5 heteroatoms. The minimum absolute atomic E-state index is 0.104. The van der Waals surface area contributed by atoms with Crippen molar-refractivity contribution < 1.29 is 14.6 Å². The van der Waals surface area contributed by atoms with Gasteiger partial charge in [-0.15, -0.1) is 0 Å². The fraction of sp³-hybridized carbons (Fsp3) is 0.500. The van der Waals surface area contributed by atoms with E-state index in [4.69, 9.17) is 15.6 Å². The Bertz CT molecular complexity index is 433. The minimum Gasteiger partial charge on any atom is -0.496 e. The first-order valence-electron chi connectivity index (χ1n) is 6.23. The first-order valence-corrected chi connectivity index (χ1v) is 6.23. The van der Waals surface area contributed by atoms with Gasteiger partial charge in [-0.1, -0.05) is 12.1 Å². The van der Waals surface area contributed by atoms with Gasteiger partial charge in [-0.2, -0.15) is 0 Å². The van der Waals surface area contributed by atoms with Gasteiger partial charge >= 0.3 is 5.97 Å². The molecule has 0 amide bonds. The van der Waals surface area contributed by atoms with Gasteiger partial charge in [0.15, 0.2) is 0 Å². The molecule has 1 aromatic rings. The molecule has 0 aromatic heterocycles. The molecule has 0 aliphatic rings. The second-order valence-corrected chi connectivity index (χ2v) is 4.83. The third kappa shape index (κ3) is 4.89. The molecular formula is C14H22N2O3. The minimum atomic E-state index is -0.909. The fourth-order valence-corrected chi connectivity index (χ4v) is 1.88. The maximum atomic E-state index is 10.8. The summed E-state index contributed by atoms with van der Waals surface area (Å²) in [5, 5.41) is 8.83. The lowest BCUT2D eigenvalue weighted by Crippen LogP contribution is -2.17. The zero-order chi connectivity index (χ0) is 14.4. The second kappa shape index (κ2) is 7.11. The number of carboxylic acid groups (broad SMARTS) is 1. The van der Waals surface area contributed by atoms with Crippen molar-refractivity contribution in [1.82, 2.24) is 4.90 Å². The Morgan fingerprint density at radius 2 is 2.16 bits per heavy atom. The standard InChI is InChI=1S/C14H22N2O3/c1-16(2)7-6-10-4-5-13(19-3)11(8-10)12(15)9-14(17)18/h4-5,8,12H,6-7,9,15H2,1-3H3,(H,17,18). The van der Waals surface area contributed by atoms with Gasteiger partial charge in [-0.3, -0.25) is 4.79 Å². The molecule has 0 bridgehead atoms. The number of likely N-dealkylation sites (N-methyl/N-ethyl adjacent to an activating group) is 1. The monoisotopic (exact) mass is 266 g/mol. The number of aliphatic carboxylic acids is 1. The second-order valence-electron chi connectivity index (χ2n) is 4.83. The molecule has 0 aliphatic carbocycles. The molecule has 3 N–H and O–H groups in total. The van der Waals surface area contributed by atoms with E-state index in [1.54, 1.807) is 7.11 Å². The summed E-state index contributed by atoms with van der Waals surface area (Å²) in [7, 11) is 5.59. The lowest BCUT2D eigenvalue weighted by molar-refractivity contribution is -0.137. The first kappa shape index (κ1) is 15.5. The summed E-state index contributed by atoms with van der Waals surface area (Å²) in [6.45, 7) is 0.930. The average Bonchev–Trinajstić information content (AvgIpc) is 2.35. The van der Waals surface area contributed by atoms with E-state index in [1.807, 2.05) is 32.3 Å². The van der Waals surface area contributed by atoms with Crippen LogP contribution in [0.3, 0.4) is 0 Å². The van der Waals surface area contributed by atoms with E-state index >= 15 is 0 Å². The molecule has 0 aliphatic heterocycles. The van der Waals surface area contributed by atoms with Crippen LogP contribution in [0, 0.1) is 0 Å². The van der Waals surface area contributed by atoms with Crippen LogP contribution in [-0.4, -0.2) is 43.7 Å². The summed E-state index contributed by atoms with van der Waals surface area (Å²) < 4.78 is 5.25. The number of hydrogen-bond donors (Lipinski definition) is 2. The molecule has 0 fully saturated rings. The number of ether oxygens (including phenoxy) is 1. The largest absolute Gasteiger partial charge is 0.496 e. The Kier molecular flexibility index (Phi) is 5.79. The molecule has 0 heterocycles. The van der Waals surface area contributed by atoms with Crippen molar-refractivity contribution in [3.05, 3.63) is 29.3 Å². The van der Waals surface area contributed by atoms with Gasteiger partial charge in [0.2, 0.25) is 0 Å². The van der Waals surface area contributed by atoms with Crippen LogP contribution in [0.15, 0.2) is 18.2 Å². The van der Waals surface area contributed by atoms with E-state index in [0.717, 1.165) is 24.1 Å². The third-order valence-corrected chi connectivity index (χ3v) is 2.94. The van der Waals surface area contributed by atoms with E-state index in [1.165, 1.54) is 0 Å². The van der Waals surface area contributed by atoms with Crippen LogP contribution in [-0.2, 0) is 11.2 Å². The van der Waals surface area contributed by atoms with Crippen LogP contribution in [0.5, 0.6) is 5.75 Å². The maximum Gasteiger partial charge on any atom is 0.305 e. The summed E-state index contributed by atoms with van der Waals surface area (Å²) in [6.07, 6.45) is 0.789. The van der Waals surface area contributed by atoms with Gasteiger partial charge in [0.05, 0.1) is 13.5 Å². The van der Waals surface area contributed by atoms with Gasteiger partial charge in [0, 0.05) is 18.2 Å². The molecule has 1 atom stereocenters. The molecule has 0 saturated heterocycles. The van der Waals surface area contributed by atoms with Crippen molar-refractivity contribution in [3.63, 3.8) is 0 Å². The van der Waals surface area contributed by atoms with Crippen LogP contribution in [0.25, 0.3) is 0 Å². The fourth-order valence-electron chi connectivity index (χ4n) is 1.88. The van der Waals surface area contributed by atoms with Crippen molar-refractivity contribution in [2.24, 2.45) is 5.73 Å². The zero-order valence-corrected chi connectivity index (χ0v) is 11.7. The van der Waals surface area contributed by atoms with Gasteiger partial charge in [0.25, 0.3) is 0 Å². The number of hydrogen-bond acceptors (Lipinski definition) is 4. The predicted molar refractivity (Wildman–Crippen MR) is 74.4 cm³/mol. The number of rotatable bonds is 7. The highest BCUT2D eigenvalue weighted by Crippen LogP contribution is 2.27. The van der Waals surface area contributed by atoms with Crippen LogP contribution < -0.4 is 10.5 Å². The smallest absolute Gasteiger partial charge is 0.305 e. The van der Waals surface area contributed by atoms with Crippen molar-refractivity contribution in [1.29, 1.82) is 0 Å². The van der Waals surface area contributed by atoms with Crippen LogP contribution in [0.1, 0.15) is 23.6 Å². The first-order chi connectivity index (χ1) is 8.93. The lowest BCUT2D eigenvalue weighted by atomic mass is 9.99. The lowest BCUT2D eigenvalue weighted by Gasteiger charge is -2.16. The third-order valence-electron chi connectivity index (χ3n) is 2.94. The molecular weight excluding hydrogens is 244 g/mol. The Hall–Kier alpha value is -1.59. The number of methoxy groups -OCH3 is 1. The molecule has 0 radical (unpaired) electrons. The highest BCUT2D eigenvalue weighted by molar-refractivity contribution is 5.68. The molecule has 0 spiro atoms. The van der Waals surface area contributed by atoms with E-state index in [0.29, 0.717) is 5.75 Å². The van der Waals surface area contributed by atoms with Crippen molar-refractivity contribution in [2.45, 2.75) is 18.9 Å². The van der Waals surface area contributed by atoms with Crippen LogP contribution in [0.4, 0.5) is 0 Å². The van der Waals surface area contributed by atoms with Crippen molar-refractivity contribution in [3.8, 4) is 5.75 Å². The highest BCUT2D eigenvalue weighted by Gasteiger charge is 2.15. The number of nitrogens with two attached hydrogens (primary N) is 1. The Balaban J connectivity index is 2.92. The zero-order valence-electron chi connectivity index (χ0n) is 11.7. The van der Waals surface area contributed by atoms with E-state index in [2.05, 4.69) is 4.90 Å². The number of carbonyl (C=O) groups is 1. The summed E-state index contributed by atoms with van der Waals surface area (Å²) in [5.74, 6) is -0.268. The SMILES string of the molecule is COc1ccc(CCN(C)C)cc1C(N)CC(=O)O. The molecule has 19 heavy (non-hydrogen) atoms. The molecule has 5 nitrogen and oxygen atoms in total. The Morgan fingerprint density at radius 3 is 2.68 bits per heavy atom. The van der Waals surface area contributed by atoms with E-state index in [9.17, 15) is 4.79 Å². The maximum absolute atomic E-state index is 10.8. The predicted octanol–water partition coefficient (Wildman–Crippen LogP) is 1.27. The number of benzene rings is 1. The van der Waals surface area contributed by atoms with Gasteiger partial charge < -0.3 is 20.5 Å². The Labute approximate surface area is 114 Å². The highest BCUT2D eigenvalue weighted by atomic mass is 16.5. The van der Waals surface area contributed by atoms with Gasteiger partial charge in [-0.05, 0) is 32.1 Å². The van der Waals surface area contributed by atoms with Gasteiger partial charge in [-0.25, -0.2) is 0 Å². The van der Waals surface area contributed by atoms with Crippen LogP contribution in [0.2, 0.25) is 0 Å². The van der Waals surface area contributed by atoms with Crippen molar-refractivity contribution >= 4 is 5.97 Å². The summed E-state index contributed by atoms with van der Waals surface area (Å²) in [6, 6.07) is 5.23. The molecule has 106 valence electrons. The van der Waals surface area contributed by atoms with Gasteiger partial charge in [0.1, 0.15) is 5.75 Å². The topological polar surface area (TPSA) is 75.8 Å². The molecule has 0 saturated carbocycles. The van der Waals surface area contributed by atoms with E-state index in [-0.39, 0.29) is 6.42 Å². The average molecular weight is 266 g/mol. The van der Waals surface area contributed by atoms with Crippen LogP contribution >= 0.6 is 0 Å². The molecule has 1 aromatic carbocycles. The molecule has 1 unspecified atom stereocenters. The number of nitrogens with zero attached hydrogens (tertiary/aromatic N) is 1. The number of carboxylic acids is 1.